The molecule has 2 aromatic carbocycles. The van der Waals surface area contributed by atoms with E-state index in [4.69, 9.17) is 16.1 Å². The molecule has 0 fully saturated rings. The summed E-state index contributed by atoms with van der Waals surface area (Å²) in [6, 6.07) is 17.3. The normalized spacial score (nSPS) is 12.0. The van der Waals surface area contributed by atoms with Gasteiger partial charge in [-0.25, -0.2) is 0 Å². The third-order valence-electron chi connectivity index (χ3n) is 4.01. The van der Waals surface area contributed by atoms with E-state index in [2.05, 4.69) is 22.3 Å². The van der Waals surface area contributed by atoms with Crippen molar-refractivity contribution in [1.82, 2.24) is 15.0 Å². The molecule has 1 atom stereocenters. The van der Waals surface area contributed by atoms with Crippen molar-refractivity contribution >= 4 is 29.3 Å². The lowest BCUT2D eigenvalue weighted by Gasteiger charge is -2.19. The van der Waals surface area contributed by atoms with E-state index in [1.165, 1.54) is 5.56 Å². The van der Waals surface area contributed by atoms with Crippen molar-refractivity contribution in [3.05, 3.63) is 71.1 Å². The van der Waals surface area contributed by atoms with Crippen molar-refractivity contribution in [2.24, 2.45) is 0 Å². The van der Waals surface area contributed by atoms with Crippen LogP contribution < -0.4 is 0 Å². The maximum Gasteiger partial charge on any atom is 0.246 e. The number of rotatable bonds is 7. The molecule has 7 heteroatoms. The average Bonchev–Trinajstić information content (AvgIpc) is 3.15. The molecule has 1 aromatic heterocycles. The highest BCUT2D eigenvalue weighted by atomic mass is 35.5. The van der Waals surface area contributed by atoms with Crippen molar-refractivity contribution in [3.8, 4) is 11.4 Å². The number of thioether (sulfide) groups is 1. The highest BCUT2D eigenvalue weighted by Crippen LogP contribution is 2.21. The van der Waals surface area contributed by atoms with Crippen LogP contribution in [0.5, 0.6) is 0 Å². The lowest BCUT2D eigenvalue weighted by molar-refractivity contribution is -0.129. The summed E-state index contributed by atoms with van der Waals surface area (Å²) in [5, 5.41) is 4.47. The summed E-state index contributed by atoms with van der Waals surface area (Å²) in [7, 11) is 1.74. The first-order chi connectivity index (χ1) is 13.0. The van der Waals surface area contributed by atoms with Gasteiger partial charge in [0.2, 0.25) is 17.6 Å². The molecule has 3 rings (SSSR count). The van der Waals surface area contributed by atoms with E-state index in [9.17, 15) is 4.79 Å². The van der Waals surface area contributed by atoms with Crippen molar-refractivity contribution in [1.29, 1.82) is 0 Å². The molecule has 140 valence electrons. The van der Waals surface area contributed by atoms with E-state index in [1.807, 2.05) is 37.3 Å². The first kappa shape index (κ1) is 19.5. The lowest BCUT2D eigenvalue weighted by Crippen LogP contribution is -2.33. The summed E-state index contributed by atoms with van der Waals surface area (Å²) >= 11 is 7.50. The molecule has 27 heavy (non-hydrogen) atoms. The Morgan fingerprint density at radius 1 is 1.19 bits per heavy atom. The highest BCUT2D eigenvalue weighted by Gasteiger charge is 2.20. The van der Waals surface area contributed by atoms with Crippen LogP contribution in [0.2, 0.25) is 5.02 Å². The number of amides is 1. The van der Waals surface area contributed by atoms with E-state index in [0.717, 1.165) is 11.3 Å². The van der Waals surface area contributed by atoms with Crippen LogP contribution in [-0.2, 0) is 17.1 Å². The molecule has 0 bridgehead atoms. The molecule has 0 saturated heterocycles. The largest absolute Gasteiger partial charge is 0.337 e. The van der Waals surface area contributed by atoms with Gasteiger partial charge in [0, 0.05) is 23.4 Å². The van der Waals surface area contributed by atoms with Crippen LogP contribution >= 0.6 is 23.4 Å². The number of carbonyl (C=O) groups excluding carboxylic acids is 1. The van der Waals surface area contributed by atoms with Crippen molar-refractivity contribution in [2.75, 3.05) is 7.05 Å². The molecular formula is C20H20ClN3O2S. The second kappa shape index (κ2) is 9.06. The Hall–Kier alpha value is -2.31. The molecule has 5 nitrogen and oxygen atoms in total. The molecule has 1 unspecified atom stereocenters. The summed E-state index contributed by atoms with van der Waals surface area (Å²) in [4.78, 5) is 18.6. The minimum Gasteiger partial charge on any atom is -0.337 e. The van der Waals surface area contributed by atoms with Crippen molar-refractivity contribution in [3.63, 3.8) is 0 Å². The van der Waals surface area contributed by atoms with Crippen LogP contribution in [0.3, 0.4) is 0 Å². The molecule has 0 radical (unpaired) electrons. The van der Waals surface area contributed by atoms with Crippen LogP contribution in [0.4, 0.5) is 0 Å². The van der Waals surface area contributed by atoms with Crippen LogP contribution in [-0.4, -0.2) is 33.2 Å². The predicted molar refractivity (Wildman–Crippen MR) is 108 cm³/mol. The smallest absolute Gasteiger partial charge is 0.246 e. The fraction of sp³-hybridized carbons (Fsp3) is 0.250. The fourth-order valence-corrected chi connectivity index (χ4v) is 3.58. The fourth-order valence-electron chi connectivity index (χ4n) is 2.49. The van der Waals surface area contributed by atoms with Gasteiger partial charge in [-0.1, -0.05) is 47.1 Å². The number of aromatic nitrogens is 2. The molecule has 0 saturated carbocycles. The summed E-state index contributed by atoms with van der Waals surface area (Å²) in [5.41, 5.74) is 2.02. The molecule has 3 aromatic rings. The van der Waals surface area contributed by atoms with Gasteiger partial charge in [-0.3, -0.25) is 4.79 Å². The Balaban J connectivity index is 1.55. The Bertz CT molecular complexity index is 884. The van der Waals surface area contributed by atoms with Crippen LogP contribution in [0, 0.1) is 0 Å². The van der Waals surface area contributed by atoms with Gasteiger partial charge < -0.3 is 9.42 Å². The molecule has 1 heterocycles. The zero-order chi connectivity index (χ0) is 19.2. The molecule has 0 N–H and O–H groups in total. The predicted octanol–water partition coefficient (Wildman–Crippen LogP) is 4.67. The molecule has 0 aliphatic rings. The standard InChI is InChI=1S/C20H20ClN3O2S/c1-14(27-13-15-6-4-3-5-7-15)20(25)24(2)12-18-22-19(23-26-18)16-8-10-17(21)11-9-16/h3-11,14H,12-13H2,1-2H3. The highest BCUT2D eigenvalue weighted by molar-refractivity contribution is 7.99. The third-order valence-corrected chi connectivity index (χ3v) is 5.46. The molecular weight excluding hydrogens is 382 g/mol. The van der Waals surface area contributed by atoms with Crippen LogP contribution in [0.15, 0.2) is 59.1 Å². The first-order valence-electron chi connectivity index (χ1n) is 8.52. The Labute approximate surface area is 167 Å². The molecule has 0 aliphatic carbocycles. The van der Waals surface area contributed by atoms with Crippen LogP contribution in [0.1, 0.15) is 18.4 Å². The third kappa shape index (κ3) is 5.34. The van der Waals surface area contributed by atoms with Gasteiger partial charge in [0.1, 0.15) is 0 Å². The summed E-state index contributed by atoms with van der Waals surface area (Å²) in [5.74, 6) is 1.70. The van der Waals surface area contributed by atoms with E-state index >= 15 is 0 Å². The van der Waals surface area contributed by atoms with Gasteiger partial charge >= 0.3 is 0 Å². The van der Waals surface area contributed by atoms with E-state index in [1.54, 1.807) is 35.8 Å². The van der Waals surface area contributed by atoms with E-state index in [0.29, 0.717) is 16.7 Å². The van der Waals surface area contributed by atoms with Crippen LogP contribution in [0.25, 0.3) is 11.4 Å². The van der Waals surface area contributed by atoms with Gasteiger partial charge in [-0.05, 0) is 36.8 Å². The average molecular weight is 402 g/mol. The zero-order valence-corrected chi connectivity index (χ0v) is 16.7. The number of hydrogen-bond acceptors (Lipinski definition) is 5. The summed E-state index contributed by atoms with van der Waals surface area (Å²) in [6.07, 6.45) is 0. The minimum absolute atomic E-state index is 0.0298. The Morgan fingerprint density at radius 3 is 2.59 bits per heavy atom. The topological polar surface area (TPSA) is 59.2 Å². The van der Waals surface area contributed by atoms with Gasteiger partial charge in [0.15, 0.2) is 0 Å². The monoisotopic (exact) mass is 401 g/mol. The summed E-state index contributed by atoms with van der Waals surface area (Å²) in [6.45, 7) is 2.19. The number of nitrogens with zero attached hydrogens (tertiary/aromatic N) is 3. The summed E-state index contributed by atoms with van der Waals surface area (Å²) < 4.78 is 5.28. The van der Waals surface area contributed by atoms with E-state index < -0.39 is 0 Å². The van der Waals surface area contributed by atoms with Gasteiger partial charge in [-0.2, -0.15) is 4.98 Å². The number of carbonyl (C=O) groups is 1. The number of benzene rings is 2. The maximum absolute atomic E-state index is 12.6. The van der Waals surface area contributed by atoms with Crippen molar-refractivity contribution in [2.45, 2.75) is 24.5 Å². The molecule has 1 amide bonds. The van der Waals surface area contributed by atoms with Gasteiger partial charge in [0.25, 0.3) is 0 Å². The minimum atomic E-state index is -0.158. The molecule has 0 spiro atoms. The quantitative estimate of drug-likeness (QED) is 0.575. The second-order valence-electron chi connectivity index (χ2n) is 6.15. The lowest BCUT2D eigenvalue weighted by atomic mass is 10.2. The zero-order valence-electron chi connectivity index (χ0n) is 15.1. The maximum atomic E-state index is 12.6. The first-order valence-corrected chi connectivity index (χ1v) is 9.94. The molecule has 0 aliphatic heterocycles. The number of halogens is 1. The van der Waals surface area contributed by atoms with Gasteiger partial charge in [-0.15, -0.1) is 11.8 Å². The van der Waals surface area contributed by atoms with E-state index in [-0.39, 0.29) is 17.7 Å². The SMILES string of the molecule is CC(SCc1ccccc1)C(=O)N(C)Cc1nc(-c2ccc(Cl)cc2)no1. The number of hydrogen-bond donors (Lipinski definition) is 0. The van der Waals surface area contributed by atoms with Crippen molar-refractivity contribution < 1.29 is 9.32 Å². The Morgan fingerprint density at radius 2 is 1.89 bits per heavy atom. The van der Waals surface area contributed by atoms with Gasteiger partial charge in [0.05, 0.1) is 11.8 Å². The second-order valence-corrected chi connectivity index (χ2v) is 7.92. The Kier molecular flexibility index (Phi) is 6.53.